The number of nitrogens with zero attached hydrogens (tertiary/aromatic N) is 1. The molecule has 1 aliphatic carbocycles. The minimum absolute atomic E-state index is 0. The molecule has 3 unspecified atom stereocenters. The van der Waals surface area contributed by atoms with Gasteiger partial charge >= 0.3 is 0 Å². The average Bonchev–Trinajstić information content (AvgIpc) is 2.89. The fourth-order valence-corrected chi connectivity index (χ4v) is 4.89. The lowest BCUT2D eigenvalue weighted by Gasteiger charge is -2.35. The van der Waals surface area contributed by atoms with E-state index in [1.165, 1.54) is 16.9 Å². The van der Waals surface area contributed by atoms with Gasteiger partial charge in [0.15, 0.2) is 0 Å². The van der Waals surface area contributed by atoms with Gasteiger partial charge in [-0.05, 0) is 56.4 Å². The van der Waals surface area contributed by atoms with Crippen LogP contribution in [0.5, 0.6) is 0 Å². The molecule has 0 radical (unpaired) electrons. The van der Waals surface area contributed by atoms with E-state index < -0.39 is 0 Å². The highest BCUT2D eigenvalue weighted by Gasteiger charge is 2.30. The number of piperidine rings is 1. The van der Waals surface area contributed by atoms with Gasteiger partial charge in [0.1, 0.15) is 0 Å². The summed E-state index contributed by atoms with van der Waals surface area (Å²) in [6.07, 6.45) is 5.68. The summed E-state index contributed by atoms with van der Waals surface area (Å²) in [5, 5.41) is 2.10. The number of carbonyl (C=O) groups is 1. The van der Waals surface area contributed by atoms with Crippen LogP contribution >= 0.6 is 23.7 Å². The molecule has 0 spiro atoms. The van der Waals surface area contributed by atoms with Crippen LogP contribution in [0.4, 0.5) is 0 Å². The van der Waals surface area contributed by atoms with Crippen LogP contribution in [0, 0.1) is 11.8 Å². The van der Waals surface area contributed by atoms with Gasteiger partial charge in [0.05, 0.1) is 5.56 Å². The minimum atomic E-state index is 0. The number of hydrogen-bond donors (Lipinski definition) is 1. The molecule has 1 saturated heterocycles. The van der Waals surface area contributed by atoms with Gasteiger partial charge < -0.3 is 10.6 Å². The Morgan fingerprint density at radius 2 is 2.23 bits per heavy atom. The zero-order chi connectivity index (χ0) is 15.0. The van der Waals surface area contributed by atoms with Crippen molar-refractivity contribution in [2.75, 3.05) is 13.1 Å². The number of nitrogens with two attached hydrogens (primary N) is 1. The van der Waals surface area contributed by atoms with Crippen molar-refractivity contribution < 1.29 is 4.79 Å². The third kappa shape index (κ3) is 3.50. The van der Waals surface area contributed by atoms with Gasteiger partial charge in [-0.25, -0.2) is 0 Å². The van der Waals surface area contributed by atoms with E-state index in [2.05, 4.69) is 19.2 Å². The molecule has 1 aromatic rings. The Balaban J connectivity index is 0.00000176. The highest BCUT2D eigenvalue weighted by atomic mass is 35.5. The zero-order valence-corrected chi connectivity index (χ0v) is 15.1. The van der Waals surface area contributed by atoms with Crippen molar-refractivity contribution in [2.45, 2.75) is 52.0 Å². The van der Waals surface area contributed by atoms with Crippen LogP contribution in [0.1, 0.15) is 53.9 Å². The van der Waals surface area contributed by atoms with E-state index in [1.807, 2.05) is 4.90 Å². The summed E-state index contributed by atoms with van der Waals surface area (Å²) in [4.78, 5) is 16.4. The minimum Gasteiger partial charge on any atom is -0.338 e. The van der Waals surface area contributed by atoms with Gasteiger partial charge in [0.2, 0.25) is 0 Å². The highest BCUT2D eigenvalue weighted by molar-refractivity contribution is 7.10. The second-order valence-corrected chi connectivity index (χ2v) is 7.88. The summed E-state index contributed by atoms with van der Waals surface area (Å²) in [7, 11) is 0. The van der Waals surface area contributed by atoms with E-state index in [-0.39, 0.29) is 24.4 Å². The smallest absolute Gasteiger partial charge is 0.254 e. The topological polar surface area (TPSA) is 46.3 Å². The van der Waals surface area contributed by atoms with E-state index in [4.69, 9.17) is 5.73 Å². The molecule has 0 bridgehead atoms. The van der Waals surface area contributed by atoms with Crippen molar-refractivity contribution in [1.82, 2.24) is 4.90 Å². The predicted octanol–water partition coefficient (Wildman–Crippen LogP) is 3.49. The second kappa shape index (κ2) is 7.33. The molecule has 22 heavy (non-hydrogen) atoms. The van der Waals surface area contributed by atoms with E-state index in [0.717, 1.165) is 50.3 Å². The van der Waals surface area contributed by atoms with Crippen LogP contribution in [0.3, 0.4) is 0 Å². The summed E-state index contributed by atoms with van der Waals surface area (Å²) in [5.74, 6) is 1.46. The van der Waals surface area contributed by atoms with Crippen molar-refractivity contribution in [3.05, 3.63) is 21.4 Å². The van der Waals surface area contributed by atoms with E-state index in [1.54, 1.807) is 11.3 Å². The van der Waals surface area contributed by atoms with Gasteiger partial charge in [-0.3, -0.25) is 4.79 Å². The van der Waals surface area contributed by atoms with E-state index >= 15 is 0 Å². The number of carbonyl (C=O) groups excluding carboxylic acids is 1. The molecule has 0 saturated carbocycles. The Kier molecular flexibility index (Phi) is 5.92. The first kappa shape index (κ1) is 17.8. The van der Waals surface area contributed by atoms with Crippen LogP contribution in [-0.4, -0.2) is 29.9 Å². The fraction of sp³-hybridized carbons (Fsp3) is 0.706. The number of hydrogen-bond acceptors (Lipinski definition) is 3. The average molecular weight is 343 g/mol. The number of halogens is 1. The lowest BCUT2D eigenvalue weighted by Crippen LogP contribution is -2.45. The van der Waals surface area contributed by atoms with Crippen molar-refractivity contribution in [1.29, 1.82) is 0 Å². The summed E-state index contributed by atoms with van der Waals surface area (Å²) in [6.45, 7) is 6.09. The van der Waals surface area contributed by atoms with Crippen LogP contribution in [0.15, 0.2) is 5.38 Å². The molecule has 0 aromatic carbocycles. The van der Waals surface area contributed by atoms with Crippen LogP contribution in [0.25, 0.3) is 0 Å². The number of thiophene rings is 1. The Morgan fingerprint density at radius 1 is 1.45 bits per heavy atom. The lowest BCUT2D eigenvalue weighted by molar-refractivity contribution is 0.0660. The van der Waals surface area contributed by atoms with Crippen LogP contribution in [-0.2, 0) is 12.8 Å². The van der Waals surface area contributed by atoms with Gasteiger partial charge in [-0.2, -0.15) is 0 Å². The van der Waals surface area contributed by atoms with Crippen molar-refractivity contribution in [2.24, 2.45) is 17.6 Å². The molecular weight excluding hydrogens is 316 g/mol. The Labute approximate surface area is 143 Å². The number of amides is 1. The summed E-state index contributed by atoms with van der Waals surface area (Å²) < 4.78 is 0. The number of rotatable bonds is 2. The maximum Gasteiger partial charge on any atom is 0.254 e. The van der Waals surface area contributed by atoms with Gasteiger partial charge in [-0.1, -0.05) is 6.92 Å². The Hall–Kier alpha value is -0.580. The normalized spacial score (nSPS) is 26.0. The van der Waals surface area contributed by atoms with Crippen molar-refractivity contribution >= 4 is 29.7 Å². The molecule has 3 nitrogen and oxygen atoms in total. The molecule has 3 rings (SSSR count). The molecule has 1 aliphatic heterocycles. The monoisotopic (exact) mass is 342 g/mol. The summed E-state index contributed by atoms with van der Waals surface area (Å²) in [5.41, 5.74) is 8.36. The van der Waals surface area contributed by atoms with E-state index in [0.29, 0.717) is 5.92 Å². The molecule has 1 fully saturated rings. The first-order valence-corrected chi connectivity index (χ1v) is 9.08. The standard InChI is InChI=1S/C17H26N2OS.ClH/c1-11-5-6-14-15(10-21-16(14)8-11)17(20)19-7-3-4-13(9-19)12(2)18;/h10-13H,3-9,18H2,1-2H3;1H. The molecule has 3 atom stereocenters. The van der Waals surface area contributed by atoms with Crippen molar-refractivity contribution in [3.8, 4) is 0 Å². The number of likely N-dealkylation sites (tertiary alicyclic amines) is 1. The molecule has 2 aliphatic rings. The Bertz CT molecular complexity index is 529. The third-order valence-corrected chi connectivity index (χ3v) is 6.17. The maximum absolute atomic E-state index is 12.9. The van der Waals surface area contributed by atoms with Gasteiger partial charge in [-0.15, -0.1) is 23.7 Å². The number of fused-ring (bicyclic) bond motifs is 1. The van der Waals surface area contributed by atoms with Crippen molar-refractivity contribution in [3.63, 3.8) is 0 Å². The largest absolute Gasteiger partial charge is 0.338 e. The molecule has 5 heteroatoms. The van der Waals surface area contributed by atoms with Gasteiger partial charge in [0, 0.05) is 29.4 Å². The SMILES string of the molecule is CC1CCc2c(C(=O)N3CCCC(C(C)N)C3)csc2C1.Cl. The first-order valence-electron chi connectivity index (χ1n) is 8.20. The first-order chi connectivity index (χ1) is 10.1. The molecule has 1 amide bonds. The third-order valence-electron chi connectivity index (χ3n) is 5.12. The zero-order valence-electron chi connectivity index (χ0n) is 13.5. The predicted molar refractivity (Wildman–Crippen MR) is 95.0 cm³/mol. The molecular formula is C17H27ClN2OS. The van der Waals surface area contributed by atoms with Gasteiger partial charge in [0.25, 0.3) is 5.91 Å². The maximum atomic E-state index is 12.9. The lowest BCUT2D eigenvalue weighted by atomic mass is 9.87. The van der Waals surface area contributed by atoms with Crippen LogP contribution in [0.2, 0.25) is 0 Å². The summed E-state index contributed by atoms with van der Waals surface area (Å²) in [6, 6.07) is 0.179. The Morgan fingerprint density at radius 3 is 2.95 bits per heavy atom. The molecule has 2 N–H and O–H groups in total. The van der Waals surface area contributed by atoms with E-state index in [9.17, 15) is 4.79 Å². The fourth-order valence-electron chi connectivity index (χ4n) is 3.65. The molecule has 2 heterocycles. The quantitative estimate of drug-likeness (QED) is 0.894. The molecule has 1 aromatic heterocycles. The highest BCUT2D eigenvalue weighted by Crippen LogP contribution is 2.34. The molecule has 124 valence electrons. The van der Waals surface area contributed by atoms with Crippen LogP contribution < -0.4 is 5.73 Å². The second-order valence-electron chi connectivity index (χ2n) is 6.91. The summed E-state index contributed by atoms with van der Waals surface area (Å²) >= 11 is 1.78.